The summed E-state index contributed by atoms with van der Waals surface area (Å²) in [5.41, 5.74) is 0.568. The van der Waals surface area contributed by atoms with E-state index in [1.165, 1.54) is 17.9 Å². The van der Waals surface area contributed by atoms with Crippen LogP contribution in [0.4, 0.5) is 4.39 Å². The molecular formula is C18H26FN3O3. The number of ether oxygens (including phenoxy) is 1. The second-order valence-electron chi connectivity index (χ2n) is 6.09. The molecule has 0 radical (unpaired) electrons. The van der Waals surface area contributed by atoms with Gasteiger partial charge in [-0.15, -0.1) is 0 Å². The third-order valence-corrected chi connectivity index (χ3v) is 4.24. The molecule has 0 unspecified atom stereocenters. The molecule has 1 saturated heterocycles. The smallest absolute Gasteiger partial charge is 0.239 e. The molecule has 0 saturated carbocycles. The van der Waals surface area contributed by atoms with Crippen molar-refractivity contribution in [2.75, 3.05) is 52.5 Å². The van der Waals surface area contributed by atoms with Crippen molar-refractivity contribution in [3.05, 3.63) is 35.6 Å². The van der Waals surface area contributed by atoms with E-state index in [1.54, 1.807) is 18.2 Å². The highest BCUT2D eigenvalue weighted by molar-refractivity contribution is 5.83. The zero-order valence-corrected chi connectivity index (χ0v) is 14.7. The van der Waals surface area contributed by atoms with Crippen LogP contribution in [0.5, 0.6) is 0 Å². The van der Waals surface area contributed by atoms with Crippen LogP contribution in [0.15, 0.2) is 24.3 Å². The van der Waals surface area contributed by atoms with Crippen LogP contribution in [-0.2, 0) is 20.7 Å². The number of amides is 2. The molecule has 7 heteroatoms. The Hall–Kier alpha value is -1.99. The maximum Gasteiger partial charge on any atom is 0.239 e. The van der Waals surface area contributed by atoms with E-state index >= 15 is 0 Å². The predicted octanol–water partition coefficient (Wildman–Crippen LogP) is 0.665. The highest BCUT2D eigenvalue weighted by Crippen LogP contribution is 2.06. The van der Waals surface area contributed by atoms with Crippen LogP contribution in [0, 0.1) is 5.82 Å². The molecule has 1 aliphatic rings. The van der Waals surface area contributed by atoms with Crippen LogP contribution in [0.3, 0.4) is 0 Å². The normalized spacial score (nSPS) is 15.0. The van der Waals surface area contributed by atoms with E-state index in [0.29, 0.717) is 38.3 Å². The van der Waals surface area contributed by atoms with E-state index in [2.05, 4.69) is 10.2 Å². The molecule has 25 heavy (non-hydrogen) atoms. The molecule has 1 N–H and O–H groups in total. The number of carbonyl (C=O) groups is 2. The molecule has 2 rings (SSSR count). The van der Waals surface area contributed by atoms with Crippen LogP contribution in [0.1, 0.15) is 12.5 Å². The third-order valence-electron chi connectivity index (χ3n) is 4.24. The van der Waals surface area contributed by atoms with E-state index in [1.807, 2.05) is 0 Å². The zero-order chi connectivity index (χ0) is 18.1. The third kappa shape index (κ3) is 6.80. The molecule has 1 aromatic carbocycles. The van der Waals surface area contributed by atoms with E-state index in [0.717, 1.165) is 19.6 Å². The maximum absolute atomic E-state index is 13.5. The lowest BCUT2D eigenvalue weighted by atomic mass is 10.1. The van der Waals surface area contributed by atoms with Gasteiger partial charge in [-0.25, -0.2) is 4.39 Å². The SMILES string of the molecule is CC(=O)N(CCN1CCOCC1)CC(=O)NCCc1ccccc1F. The maximum atomic E-state index is 13.5. The Balaban J connectivity index is 1.71. The van der Waals surface area contributed by atoms with Gasteiger partial charge in [-0.05, 0) is 18.1 Å². The average Bonchev–Trinajstić information content (AvgIpc) is 2.61. The van der Waals surface area contributed by atoms with E-state index in [9.17, 15) is 14.0 Å². The number of rotatable bonds is 8. The Morgan fingerprint density at radius 2 is 2.00 bits per heavy atom. The monoisotopic (exact) mass is 351 g/mol. The minimum Gasteiger partial charge on any atom is -0.379 e. The van der Waals surface area contributed by atoms with Gasteiger partial charge in [0.25, 0.3) is 0 Å². The summed E-state index contributed by atoms with van der Waals surface area (Å²) in [7, 11) is 0. The minimum absolute atomic E-state index is 0.0247. The number of halogens is 1. The lowest BCUT2D eigenvalue weighted by molar-refractivity contribution is -0.134. The van der Waals surface area contributed by atoms with Gasteiger partial charge in [0.2, 0.25) is 11.8 Å². The molecule has 6 nitrogen and oxygen atoms in total. The van der Waals surface area contributed by atoms with Gasteiger partial charge < -0.3 is 15.0 Å². The number of nitrogens with one attached hydrogen (secondary N) is 1. The van der Waals surface area contributed by atoms with Gasteiger partial charge in [0.1, 0.15) is 5.82 Å². The number of nitrogens with zero attached hydrogens (tertiary/aromatic N) is 2. The van der Waals surface area contributed by atoms with Crippen LogP contribution < -0.4 is 5.32 Å². The quantitative estimate of drug-likeness (QED) is 0.748. The number of hydrogen-bond donors (Lipinski definition) is 1. The summed E-state index contributed by atoms with van der Waals surface area (Å²) < 4.78 is 18.8. The fourth-order valence-corrected chi connectivity index (χ4v) is 2.70. The van der Waals surface area contributed by atoms with E-state index in [4.69, 9.17) is 4.74 Å². The van der Waals surface area contributed by atoms with Crippen molar-refractivity contribution in [3.8, 4) is 0 Å². The summed E-state index contributed by atoms with van der Waals surface area (Å²) in [5.74, 6) is -0.626. The van der Waals surface area contributed by atoms with Gasteiger partial charge in [0.05, 0.1) is 19.8 Å². The Bertz CT molecular complexity index is 576. The van der Waals surface area contributed by atoms with Crippen LogP contribution >= 0.6 is 0 Å². The zero-order valence-electron chi connectivity index (χ0n) is 14.7. The van der Waals surface area contributed by atoms with Crippen molar-refractivity contribution in [1.82, 2.24) is 15.1 Å². The molecule has 0 bridgehead atoms. The Morgan fingerprint density at radius 3 is 2.68 bits per heavy atom. The van der Waals surface area contributed by atoms with E-state index < -0.39 is 0 Å². The first-order valence-corrected chi connectivity index (χ1v) is 8.62. The molecule has 1 aliphatic heterocycles. The Morgan fingerprint density at radius 1 is 1.28 bits per heavy atom. The molecule has 2 amide bonds. The summed E-state index contributed by atoms with van der Waals surface area (Å²) in [4.78, 5) is 27.6. The first-order chi connectivity index (χ1) is 12.1. The lowest BCUT2D eigenvalue weighted by Gasteiger charge is -2.29. The fourth-order valence-electron chi connectivity index (χ4n) is 2.70. The molecule has 1 heterocycles. The molecule has 0 atom stereocenters. The predicted molar refractivity (Wildman–Crippen MR) is 92.6 cm³/mol. The molecule has 1 fully saturated rings. The Kier molecular flexibility index (Phi) is 7.81. The van der Waals surface area contributed by atoms with Gasteiger partial charge in [-0.1, -0.05) is 18.2 Å². The summed E-state index contributed by atoms with van der Waals surface area (Å²) >= 11 is 0. The molecular weight excluding hydrogens is 325 g/mol. The standard InChI is InChI=1S/C18H26FN3O3/c1-15(23)22(9-8-21-10-12-25-13-11-21)14-18(24)20-7-6-16-4-2-3-5-17(16)19/h2-5H,6-14H2,1H3,(H,20,24). The van der Waals surface area contributed by atoms with Crippen LogP contribution in [0.25, 0.3) is 0 Å². The fraction of sp³-hybridized carbons (Fsp3) is 0.556. The van der Waals surface area contributed by atoms with Gasteiger partial charge in [-0.2, -0.15) is 0 Å². The number of benzene rings is 1. The summed E-state index contributed by atoms with van der Waals surface area (Å²) in [6.07, 6.45) is 0.423. The van der Waals surface area contributed by atoms with Crippen molar-refractivity contribution in [3.63, 3.8) is 0 Å². The second kappa shape index (κ2) is 10.1. The molecule has 0 aromatic heterocycles. The number of morpholine rings is 1. The average molecular weight is 351 g/mol. The van der Waals surface area contributed by atoms with Gasteiger partial charge >= 0.3 is 0 Å². The topological polar surface area (TPSA) is 61.9 Å². The molecule has 0 aliphatic carbocycles. The van der Waals surface area contributed by atoms with Gasteiger partial charge in [0.15, 0.2) is 0 Å². The second-order valence-corrected chi connectivity index (χ2v) is 6.09. The van der Waals surface area contributed by atoms with Gasteiger partial charge in [0, 0.05) is 39.6 Å². The molecule has 1 aromatic rings. The first kappa shape index (κ1) is 19.3. The molecule has 138 valence electrons. The lowest BCUT2D eigenvalue weighted by Crippen LogP contribution is -2.45. The summed E-state index contributed by atoms with van der Waals surface area (Å²) in [6.45, 7) is 6.17. The summed E-state index contributed by atoms with van der Waals surface area (Å²) in [6, 6.07) is 6.51. The molecule has 0 spiro atoms. The van der Waals surface area contributed by atoms with Crippen molar-refractivity contribution >= 4 is 11.8 Å². The minimum atomic E-state index is -0.271. The van der Waals surface area contributed by atoms with Crippen molar-refractivity contribution < 1.29 is 18.7 Å². The van der Waals surface area contributed by atoms with Crippen LogP contribution in [-0.4, -0.2) is 74.1 Å². The largest absolute Gasteiger partial charge is 0.379 e. The van der Waals surface area contributed by atoms with Crippen molar-refractivity contribution in [2.24, 2.45) is 0 Å². The summed E-state index contributed by atoms with van der Waals surface area (Å²) in [5, 5.41) is 2.75. The van der Waals surface area contributed by atoms with Crippen molar-refractivity contribution in [1.29, 1.82) is 0 Å². The highest BCUT2D eigenvalue weighted by Gasteiger charge is 2.16. The first-order valence-electron chi connectivity index (χ1n) is 8.62. The van der Waals surface area contributed by atoms with E-state index in [-0.39, 0.29) is 24.2 Å². The highest BCUT2D eigenvalue weighted by atomic mass is 19.1. The van der Waals surface area contributed by atoms with Gasteiger partial charge in [-0.3, -0.25) is 14.5 Å². The number of carbonyl (C=O) groups excluding carboxylic acids is 2. The van der Waals surface area contributed by atoms with Crippen LogP contribution in [0.2, 0.25) is 0 Å². The number of hydrogen-bond acceptors (Lipinski definition) is 4. The van der Waals surface area contributed by atoms with Crippen molar-refractivity contribution in [2.45, 2.75) is 13.3 Å². The Labute approximate surface area is 147 Å².